The number of ether oxygens (including phenoxy) is 5. The summed E-state index contributed by atoms with van der Waals surface area (Å²) in [5, 5.41) is 0.608. The normalized spacial score (nSPS) is 14.2. The molecule has 0 aliphatic carbocycles. The number of carbonyl (C=O) groups excluding carboxylic acids is 2. The Morgan fingerprint density at radius 3 is 2.57 bits per heavy atom. The SMILES string of the molecule is CCOC(=O)C1=C(C)N=c2s/c(=C/c3cc(Br)cc(I)c3OCc3cccc(Cl)c3)c(=O)n2[C@H]1c1ccc(OCC(=O)OC)c(OCC)c1. The second kappa shape index (κ2) is 16.4. The number of aromatic nitrogens is 1. The molecule has 0 fully saturated rings. The number of hydrogen-bond acceptors (Lipinski definition) is 10. The lowest BCUT2D eigenvalue weighted by Crippen LogP contribution is -2.40. The molecule has 49 heavy (non-hydrogen) atoms. The van der Waals surface area contributed by atoms with Gasteiger partial charge in [-0.3, -0.25) is 9.36 Å². The first-order chi connectivity index (χ1) is 23.5. The summed E-state index contributed by atoms with van der Waals surface area (Å²) in [4.78, 5) is 44.6. The summed E-state index contributed by atoms with van der Waals surface area (Å²) < 4.78 is 31.4. The topological polar surface area (TPSA) is 115 Å². The monoisotopic (exact) mass is 880 g/mol. The molecule has 1 atom stereocenters. The van der Waals surface area contributed by atoms with Crippen molar-refractivity contribution in [3.63, 3.8) is 0 Å². The van der Waals surface area contributed by atoms with Crippen LogP contribution in [0.1, 0.15) is 43.5 Å². The highest BCUT2D eigenvalue weighted by Crippen LogP contribution is 2.37. The number of rotatable bonds is 12. The predicted octanol–water partition coefficient (Wildman–Crippen LogP) is 6.35. The largest absolute Gasteiger partial charge is 0.490 e. The quantitative estimate of drug-likeness (QED) is 0.120. The molecule has 0 saturated heterocycles. The Balaban J connectivity index is 1.64. The van der Waals surface area contributed by atoms with E-state index in [-0.39, 0.29) is 31.0 Å². The highest BCUT2D eigenvalue weighted by molar-refractivity contribution is 14.1. The number of benzene rings is 3. The van der Waals surface area contributed by atoms with E-state index in [1.165, 1.54) is 23.0 Å². The fourth-order valence-electron chi connectivity index (χ4n) is 5.15. The third-order valence-electron chi connectivity index (χ3n) is 7.27. The van der Waals surface area contributed by atoms with Crippen molar-refractivity contribution in [2.45, 2.75) is 33.4 Å². The average molecular weight is 882 g/mol. The minimum atomic E-state index is -0.896. The Morgan fingerprint density at radius 2 is 1.86 bits per heavy atom. The number of thiazole rings is 1. The Hall–Kier alpha value is -3.66. The van der Waals surface area contributed by atoms with Gasteiger partial charge >= 0.3 is 11.9 Å². The van der Waals surface area contributed by atoms with E-state index in [2.05, 4.69) is 43.5 Å². The van der Waals surface area contributed by atoms with Crippen LogP contribution in [0.3, 0.4) is 0 Å². The molecule has 1 aromatic heterocycles. The van der Waals surface area contributed by atoms with Gasteiger partial charge in [0.25, 0.3) is 5.56 Å². The highest BCUT2D eigenvalue weighted by Gasteiger charge is 2.34. The maximum absolute atomic E-state index is 14.4. The van der Waals surface area contributed by atoms with Gasteiger partial charge < -0.3 is 23.7 Å². The average Bonchev–Trinajstić information content (AvgIpc) is 3.36. The first kappa shape index (κ1) is 36.6. The van der Waals surface area contributed by atoms with E-state index in [4.69, 9.17) is 35.3 Å². The summed E-state index contributed by atoms with van der Waals surface area (Å²) in [6.45, 7) is 5.62. The molecule has 14 heteroatoms. The Bertz CT molecular complexity index is 2130. The second-order valence-corrected chi connectivity index (χ2v) is 14.1. The number of methoxy groups -OCH3 is 1. The molecule has 256 valence electrons. The summed E-state index contributed by atoms with van der Waals surface area (Å²) in [7, 11) is 1.27. The van der Waals surface area contributed by atoms with Crippen LogP contribution in [-0.2, 0) is 25.7 Å². The zero-order valence-corrected chi connectivity index (χ0v) is 32.2. The van der Waals surface area contributed by atoms with Crippen LogP contribution in [-0.4, -0.2) is 43.4 Å². The molecule has 0 unspecified atom stereocenters. The molecule has 0 saturated carbocycles. The number of halogens is 3. The van der Waals surface area contributed by atoms with Gasteiger partial charge in [-0.05, 0) is 97.0 Å². The van der Waals surface area contributed by atoms with Crippen LogP contribution in [0.2, 0.25) is 5.02 Å². The molecule has 5 rings (SSSR count). The van der Waals surface area contributed by atoms with Crippen molar-refractivity contribution in [3.05, 3.63) is 115 Å². The van der Waals surface area contributed by atoms with E-state index in [0.29, 0.717) is 55.0 Å². The highest BCUT2D eigenvalue weighted by atomic mass is 127. The maximum atomic E-state index is 14.4. The summed E-state index contributed by atoms with van der Waals surface area (Å²) >= 11 is 13.2. The number of carbonyl (C=O) groups is 2. The van der Waals surface area contributed by atoms with Crippen molar-refractivity contribution >= 4 is 79.5 Å². The smallest absolute Gasteiger partial charge is 0.343 e. The van der Waals surface area contributed by atoms with Gasteiger partial charge in [0.05, 0.1) is 45.7 Å². The zero-order chi connectivity index (χ0) is 35.2. The molecule has 0 spiro atoms. The Kier molecular flexibility index (Phi) is 12.2. The summed E-state index contributed by atoms with van der Waals surface area (Å²) in [5.41, 5.74) is 2.40. The summed E-state index contributed by atoms with van der Waals surface area (Å²) in [6, 6.07) is 15.4. The molecule has 0 radical (unpaired) electrons. The molecule has 0 N–H and O–H groups in total. The van der Waals surface area contributed by atoms with E-state index in [1.54, 1.807) is 44.2 Å². The third kappa shape index (κ3) is 8.39. The molecular weight excluding hydrogens is 851 g/mol. The molecule has 0 bridgehead atoms. The van der Waals surface area contributed by atoms with Crippen molar-refractivity contribution in [1.82, 2.24) is 4.57 Å². The van der Waals surface area contributed by atoms with Gasteiger partial charge in [0.15, 0.2) is 22.9 Å². The second-order valence-electron chi connectivity index (χ2n) is 10.5. The summed E-state index contributed by atoms with van der Waals surface area (Å²) in [5.74, 6) is 0.0779. The minimum absolute atomic E-state index is 0.136. The van der Waals surface area contributed by atoms with Gasteiger partial charge in [-0.2, -0.15) is 0 Å². The van der Waals surface area contributed by atoms with E-state index >= 15 is 0 Å². The lowest BCUT2D eigenvalue weighted by Gasteiger charge is -2.25. The number of allylic oxidation sites excluding steroid dienone is 1. The number of nitrogens with zero attached hydrogens (tertiary/aromatic N) is 2. The fourth-order valence-corrected chi connectivity index (χ4v) is 8.10. The molecular formula is C35H31BrClIN2O8S. The van der Waals surface area contributed by atoms with Crippen LogP contribution < -0.4 is 29.1 Å². The number of esters is 2. The van der Waals surface area contributed by atoms with E-state index < -0.39 is 18.0 Å². The fraction of sp³-hybridized carbons (Fsp3) is 0.257. The van der Waals surface area contributed by atoms with Crippen LogP contribution in [0.5, 0.6) is 17.2 Å². The van der Waals surface area contributed by atoms with Crippen LogP contribution in [0.15, 0.2) is 80.1 Å². The van der Waals surface area contributed by atoms with Gasteiger partial charge in [0.1, 0.15) is 12.4 Å². The van der Waals surface area contributed by atoms with Gasteiger partial charge in [0, 0.05) is 15.1 Å². The molecule has 1 aliphatic heterocycles. The molecule has 10 nitrogen and oxygen atoms in total. The first-order valence-corrected chi connectivity index (χ1v) is 18.1. The zero-order valence-electron chi connectivity index (χ0n) is 26.9. The van der Waals surface area contributed by atoms with E-state index in [9.17, 15) is 14.4 Å². The number of hydrogen-bond donors (Lipinski definition) is 0. The molecule has 4 aromatic rings. The lowest BCUT2D eigenvalue weighted by molar-refractivity contribution is -0.143. The van der Waals surface area contributed by atoms with Crippen LogP contribution >= 0.6 is 61.5 Å². The Morgan fingerprint density at radius 1 is 1.06 bits per heavy atom. The Labute approximate surface area is 313 Å². The third-order valence-corrected chi connectivity index (χ3v) is 9.75. The van der Waals surface area contributed by atoms with Crippen molar-refractivity contribution in [2.24, 2.45) is 4.99 Å². The lowest BCUT2D eigenvalue weighted by atomic mass is 9.95. The molecule has 3 aromatic carbocycles. The standard InChI is InChI=1S/C35H31BrClIN2O8S/c1-5-45-27-14-21(10-11-26(27)47-18-29(41)44-4)31-30(34(43)46-6-2)19(3)39-35-40(31)33(42)28(49-35)15-22-13-23(36)16-25(38)32(22)48-17-20-8-7-9-24(37)12-20/h7-16,31H,5-6,17-18H2,1-4H3/b28-15+/t31-/m0/s1. The van der Waals surface area contributed by atoms with Crippen molar-refractivity contribution in [2.75, 3.05) is 26.9 Å². The van der Waals surface area contributed by atoms with Crippen molar-refractivity contribution in [3.8, 4) is 17.2 Å². The van der Waals surface area contributed by atoms with Crippen LogP contribution in [0.25, 0.3) is 6.08 Å². The minimum Gasteiger partial charge on any atom is -0.490 e. The van der Waals surface area contributed by atoms with E-state index in [1.807, 2.05) is 37.3 Å². The molecule has 1 aliphatic rings. The van der Waals surface area contributed by atoms with E-state index in [0.717, 1.165) is 13.6 Å². The first-order valence-electron chi connectivity index (χ1n) is 15.1. The van der Waals surface area contributed by atoms with Gasteiger partial charge in [-0.25, -0.2) is 14.6 Å². The van der Waals surface area contributed by atoms with Gasteiger partial charge in [-0.1, -0.05) is 57.1 Å². The van der Waals surface area contributed by atoms with Gasteiger partial charge in [-0.15, -0.1) is 0 Å². The van der Waals surface area contributed by atoms with Gasteiger partial charge in [0.2, 0.25) is 0 Å². The predicted molar refractivity (Wildman–Crippen MR) is 198 cm³/mol. The van der Waals surface area contributed by atoms with Crippen molar-refractivity contribution < 1.29 is 33.3 Å². The van der Waals surface area contributed by atoms with Crippen molar-refractivity contribution in [1.29, 1.82) is 0 Å². The van der Waals surface area contributed by atoms with Crippen LogP contribution in [0.4, 0.5) is 0 Å². The summed E-state index contributed by atoms with van der Waals surface area (Å²) in [6.07, 6.45) is 1.76. The molecule has 2 heterocycles. The van der Waals surface area contributed by atoms with Crippen LogP contribution in [0, 0.1) is 3.57 Å². The maximum Gasteiger partial charge on any atom is 0.343 e. The number of fused-ring (bicyclic) bond motifs is 1. The molecule has 0 amide bonds.